The number of carboxylic acid groups (broad SMARTS) is 1. The first-order chi connectivity index (χ1) is 12.8. The fraction of sp³-hybridized carbons (Fsp3) is 0.375. The van der Waals surface area contributed by atoms with Crippen molar-refractivity contribution >= 4 is 46.9 Å². The Morgan fingerprint density at radius 3 is 2.74 bits per heavy atom. The number of aliphatic carboxylic acids is 1. The number of carbonyl (C=O) groups is 4. The minimum absolute atomic E-state index is 0.0470. The van der Waals surface area contributed by atoms with E-state index in [0.29, 0.717) is 10.6 Å². The molecule has 144 valence electrons. The lowest BCUT2D eigenvalue weighted by atomic mass is 10.0. The van der Waals surface area contributed by atoms with Crippen LogP contribution in [0.25, 0.3) is 0 Å². The predicted octanol–water partition coefficient (Wildman–Crippen LogP) is 0.694. The summed E-state index contributed by atoms with van der Waals surface area (Å²) >= 11 is 2.56. The molecule has 11 heteroatoms. The zero-order chi connectivity index (χ0) is 19.7. The van der Waals surface area contributed by atoms with Gasteiger partial charge in [0, 0.05) is 23.1 Å². The van der Waals surface area contributed by atoms with Crippen molar-refractivity contribution in [2.24, 2.45) is 0 Å². The molecule has 0 aliphatic carbocycles. The standard InChI is InChI=1S/C16H16N2O7S2/c1-8(19)25-6-9-7-27-15-13(14(21)17(15)12(9)16(22)23)18(24)11(20)5-10-3-2-4-26-10/h2-4,13,15,24H,5-7H2,1H3,(H,22,23)/t13?,15-/m0/s1. The zero-order valence-corrected chi connectivity index (χ0v) is 15.8. The number of hydrogen-bond donors (Lipinski definition) is 2. The van der Waals surface area contributed by atoms with Crippen LogP contribution in [0, 0.1) is 0 Å². The third-order valence-electron chi connectivity index (χ3n) is 4.10. The van der Waals surface area contributed by atoms with Crippen LogP contribution in [0.4, 0.5) is 0 Å². The number of carbonyl (C=O) groups excluding carboxylic acids is 3. The molecule has 2 aliphatic heterocycles. The number of ether oxygens (including phenoxy) is 1. The fourth-order valence-electron chi connectivity index (χ4n) is 2.85. The van der Waals surface area contributed by atoms with Crippen molar-refractivity contribution in [1.82, 2.24) is 9.96 Å². The van der Waals surface area contributed by atoms with Crippen molar-refractivity contribution in [1.29, 1.82) is 0 Å². The monoisotopic (exact) mass is 412 g/mol. The molecule has 0 spiro atoms. The summed E-state index contributed by atoms with van der Waals surface area (Å²) in [7, 11) is 0. The van der Waals surface area contributed by atoms with Gasteiger partial charge in [-0.15, -0.1) is 23.1 Å². The van der Waals surface area contributed by atoms with Gasteiger partial charge in [-0.05, 0) is 11.4 Å². The van der Waals surface area contributed by atoms with Crippen LogP contribution in [0.2, 0.25) is 0 Å². The number of esters is 1. The number of thiophene rings is 1. The lowest BCUT2D eigenvalue weighted by Crippen LogP contribution is -2.71. The molecule has 2 N–H and O–H groups in total. The maximum Gasteiger partial charge on any atom is 0.352 e. The molecule has 2 amide bonds. The highest BCUT2D eigenvalue weighted by molar-refractivity contribution is 8.00. The Balaban J connectivity index is 1.75. The van der Waals surface area contributed by atoms with Gasteiger partial charge in [-0.25, -0.2) is 9.86 Å². The molecule has 0 radical (unpaired) electrons. The number of fused-ring (bicyclic) bond motifs is 1. The quantitative estimate of drug-likeness (QED) is 0.303. The van der Waals surface area contributed by atoms with Gasteiger partial charge in [0.25, 0.3) is 11.8 Å². The summed E-state index contributed by atoms with van der Waals surface area (Å²) in [5.41, 5.74) is 0.0282. The van der Waals surface area contributed by atoms with E-state index in [-0.39, 0.29) is 24.5 Å². The van der Waals surface area contributed by atoms with Crippen molar-refractivity contribution in [3.63, 3.8) is 0 Å². The highest BCUT2D eigenvalue weighted by Crippen LogP contribution is 2.42. The molecule has 1 aromatic rings. The van der Waals surface area contributed by atoms with Crippen molar-refractivity contribution in [3.8, 4) is 0 Å². The van der Waals surface area contributed by atoms with E-state index in [9.17, 15) is 29.5 Å². The molecule has 27 heavy (non-hydrogen) atoms. The number of nitrogens with zero attached hydrogens (tertiary/aromatic N) is 2. The van der Waals surface area contributed by atoms with Gasteiger partial charge in [0.1, 0.15) is 17.7 Å². The van der Waals surface area contributed by atoms with E-state index in [0.717, 1.165) is 9.78 Å². The van der Waals surface area contributed by atoms with E-state index in [1.165, 1.54) is 30.0 Å². The van der Waals surface area contributed by atoms with Crippen LogP contribution in [-0.2, 0) is 30.3 Å². The molecule has 1 unspecified atom stereocenters. The van der Waals surface area contributed by atoms with Gasteiger partial charge < -0.3 is 9.84 Å². The Bertz CT molecular complexity index is 821. The van der Waals surface area contributed by atoms with E-state index in [1.807, 2.05) is 0 Å². The van der Waals surface area contributed by atoms with E-state index >= 15 is 0 Å². The van der Waals surface area contributed by atoms with Crippen LogP contribution in [0.1, 0.15) is 11.8 Å². The molecule has 0 bridgehead atoms. The number of amides is 2. The minimum Gasteiger partial charge on any atom is -0.477 e. The second-order valence-corrected chi connectivity index (χ2v) is 8.02. The molecule has 1 saturated heterocycles. The Morgan fingerprint density at radius 1 is 1.41 bits per heavy atom. The molecule has 1 aromatic heterocycles. The van der Waals surface area contributed by atoms with Gasteiger partial charge in [-0.3, -0.25) is 24.5 Å². The third kappa shape index (κ3) is 3.70. The summed E-state index contributed by atoms with van der Waals surface area (Å²) in [6, 6.07) is 2.37. The summed E-state index contributed by atoms with van der Waals surface area (Å²) in [5.74, 6) is -3.02. The summed E-state index contributed by atoms with van der Waals surface area (Å²) in [6.45, 7) is 0.971. The van der Waals surface area contributed by atoms with Gasteiger partial charge in [0.05, 0.1) is 6.42 Å². The average Bonchev–Trinajstić information content (AvgIpc) is 3.11. The van der Waals surface area contributed by atoms with Crippen LogP contribution in [0.5, 0.6) is 0 Å². The molecule has 1 fully saturated rings. The predicted molar refractivity (Wildman–Crippen MR) is 94.8 cm³/mol. The first-order valence-electron chi connectivity index (χ1n) is 7.88. The maximum atomic E-state index is 12.5. The Morgan fingerprint density at radius 2 is 2.15 bits per heavy atom. The lowest BCUT2D eigenvalue weighted by Gasteiger charge is -2.50. The Kier molecular flexibility index (Phi) is 5.53. The summed E-state index contributed by atoms with van der Waals surface area (Å²) in [4.78, 5) is 49.1. The fourth-order valence-corrected chi connectivity index (χ4v) is 4.91. The smallest absolute Gasteiger partial charge is 0.352 e. The van der Waals surface area contributed by atoms with Gasteiger partial charge in [0.2, 0.25) is 0 Å². The molecule has 3 heterocycles. The first kappa shape index (κ1) is 19.4. The summed E-state index contributed by atoms with van der Waals surface area (Å²) in [6.07, 6.45) is -0.0470. The normalized spacial score (nSPS) is 21.4. The molecule has 2 aliphatic rings. The average molecular weight is 412 g/mol. The minimum atomic E-state index is -1.33. The highest BCUT2D eigenvalue weighted by atomic mass is 32.2. The zero-order valence-electron chi connectivity index (χ0n) is 14.2. The molecular weight excluding hydrogens is 396 g/mol. The summed E-state index contributed by atoms with van der Waals surface area (Å²) < 4.78 is 4.85. The SMILES string of the molecule is CC(=O)OCC1=C(C(=O)O)N2C(=O)C(N(O)C(=O)Cc3cccs3)[C@@H]2SC1. The number of rotatable bonds is 6. The van der Waals surface area contributed by atoms with E-state index < -0.39 is 35.2 Å². The lowest BCUT2D eigenvalue weighted by molar-refractivity contribution is -0.197. The van der Waals surface area contributed by atoms with Gasteiger partial charge in [-0.1, -0.05) is 6.07 Å². The van der Waals surface area contributed by atoms with Crippen molar-refractivity contribution in [2.45, 2.75) is 24.8 Å². The van der Waals surface area contributed by atoms with Crippen molar-refractivity contribution in [2.75, 3.05) is 12.4 Å². The number of carboxylic acids is 1. The highest BCUT2D eigenvalue weighted by Gasteiger charge is 2.57. The van der Waals surface area contributed by atoms with Crippen LogP contribution in [-0.4, -0.2) is 67.8 Å². The second-order valence-electron chi connectivity index (χ2n) is 5.89. The molecule has 0 aromatic carbocycles. The van der Waals surface area contributed by atoms with Crippen LogP contribution < -0.4 is 0 Å². The van der Waals surface area contributed by atoms with Crippen molar-refractivity contribution < 1.29 is 34.2 Å². The Labute approximate surface area is 162 Å². The topological polar surface area (TPSA) is 124 Å². The van der Waals surface area contributed by atoms with Crippen LogP contribution >= 0.6 is 23.1 Å². The largest absolute Gasteiger partial charge is 0.477 e. The summed E-state index contributed by atoms with van der Waals surface area (Å²) in [5, 5.41) is 21.2. The van der Waals surface area contributed by atoms with Gasteiger partial charge >= 0.3 is 11.9 Å². The second kappa shape index (κ2) is 7.71. The maximum absolute atomic E-state index is 12.5. The molecule has 3 rings (SSSR count). The molecular formula is C16H16N2O7S2. The third-order valence-corrected chi connectivity index (χ3v) is 6.30. The van der Waals surface area contributed by atoms with Gasteiger partial charge in [0.15, 0.2) is 6.04 Å². The number of thioether (sulfide) groups is 1. The number of β-lactam (4-membered cyclic amide) rings is 1. The molecule has 2 atom stereocenters. The number of hydrogen-bond acceptors (Lipinski definition) is 8. The van der Waals surface area contributed by atoms with E-state index in [4.69, 9.17) is 4.74 Å². The van der Waals surface area contributed by atoms with E-state index in [1.54, 1.807) is 17.5 Å². The van der Waals surface area contributed by atoms with Crippen molar-refractivity contribution in [3.05, 3.63) is 33.7 Å². The van der Waals surface area contributed by atoms with Gasteiger partial charge in [-0.2, -0.15) is 0 Å². The Hall–Kier alpha value is -2.37. The van der Waals surface area contributed by atoms with Crippen LogP contribution in [0.3, 0.4) is 0 Å². The van der Waals surface area contributed by atoms with E-state index in [2.05, 4.69) is 0 Å². The first-order valence-corrected chi connectivity index (χ1v) is 9.80. The molecule has 0 saturated carbocycles. The number of hydroxylamine groups is 2. The van der Waals surface area contributed by atoms with Crippen LogP contribution in [0.15, 0.2) is 28.8 Å². The molecule has 9 nitrogen and oxygen atoms in total.